The molecule has 7 heteroatoms. The Morgan fingerprint density at radius 2 is 2.19 bits per heavy atom. The van der Waals surface area contributed by atoms with Crippen molar-refractivity contribution in [3.8, 4) is 0 Å². The summed E-state index contributed by atoms with van der Waals surface area (Å²) in [4.78, 5) is 14.0. The summed E-state index contributed by atoms with van der Waals surface area (Å²) in [5.41, 5.74) is -0.795. The summed E-state index contributed by atoms with van der Waals surface area (Å²) in [6.07, 6.45) is -3.77. The molecule has 1 heterocycles. The molecule has 0 radical (unpaired) electrons. The lowest BCUT2D eigenvalue weighted by Crippen LogP contribution is -2.45. The maximum Gasteiger partial charge on any atom is 0.416 e. The lowest BCUT2D eigenvalue weighted by molar-refractivity contribution is -0.137. The van der Waals surface area contributed by atoms with Crippen molar-refractivity contribution in [3.05, 3.63) is 33.8 Å². The molecule has 0 spiro atoms. The molecule has 1 unspecified atom stereocenters. The van der Waals surface area contributed by atoms with Crippen molar-refractivity contribution < 1.29 is 22.7 Å². The molecule has 0 bridgehead atoms. The Bertz CT molecular complexity index is 533. The summed E-state index contributed by atoms with van der Waals surface area (Å²) in [5.74, 6) is -0.408. The molecule has 1 fully saturated rings. The van der Waals surface area contributed by atoms with Crippen LogP contribution in [0.25, 0.3) is 0 Å². The minimum atomic E-state index is -4.47. The number of alkyl halides is 3. The Kier molecular flexibility index (Phi) is 4.93. The van der Waals surface area contributed by atoms with Gasteiger partial charge in [0, 0.05) is 17.6 Å². The van der Waals surface area contributed by atoms with Gasteiger partial charge in [0.25, 0.3) is 5.91 Å². The first-order chi connectivity index (χ1) is 9.82. The minimum absolute atomic E-state index is 0.0292. The van der Waals surface area contributed by atoms with Gasteiger partial charge in [0.1, 0.15) is 0 Å². The van der Waals surface area contributed by atoms with E-state index in [2.05, 4.69) is 15.9 Å². The van der Waals surface area contributed by atoms with Crippen molar-refractivity contribution in [2.75, 3.05) is 19.7 Å². The Labute approximate surface area is 129 Å². The SMILES string of the molecule is CCC1CN(C(=O)c2cc(C(F)(F)F)ccc2Br)CCO1. The van der Waals surface area contributed by atoms with Gasteiger partial charge in [0.15, 0.2) is 0 Å². The molecule has 0 N–H and O–H groups in total. The molecular formula is C14H15BrF3NO2. The number of halogens is 4. The molecule has 1 aromatic carbocycles. The molecule has 116 valence electrons. The van der Waals surface area contributed by atoms with Crippen molar-refractivity contribution in [1.29, 1.82) is 0 Å². The maximum atomic E-state index is 12.8. The van der Waals surface area contributed by atoms with E-state index in [9.17, 15) is 18.0 Å². The van der Waals surface area contributed by atoms with Crippen LogP contribution in [0.2, 0.25) is 0 Å². The number of amides is 1. The van der Waals surface area contributed by atoms with Crippen molar-refractivity contribution in [2.24, 2.45) is 0 Å². The van der Waals surface area contributed by atoms with E-state index in [0.29, 0.717) is 24.2 Å². The van der Waals surface area contributed by atoms with E-state index in [1.807, 2.05) is 6.92 Å². The Morgan fingerprint density at radius 3 is 2.81 bits per heavy atom. The monoisotopic (exact) mass is 365 g/mol. The van der Waals surface area contributed by atoms with Gasteiger partial charge in [0.05, 0.1) is 23.8 Å². The van der Waals surface area contributed by atoms with E-state index in [0.717, 1.165) is 18.6 Å². The quantitative estimate of drug-likeness (QED) is 0.799. The molecule has 2 rings (SSSR count). The van der Waals surface area contributed by atoms with Crippen LogP contribution in [0.5, 0.6) is 0 Å². The molecule has 0 saturated carbocycles. The molecule has 1 aromatic rings. The Hall–Kier alpha value is -1.08. The van der Waals surface area contributed by atoms with Crippen LogP contribution in [0.3, 0.4) is 0 Å². The fraction of sp³-hybridized carbons (Fsp3) is 0.500. The Morgan fingerprint density at radius 1 is 1.48 bits per heavy atom. The minimum Gasteiger partial charge on any atom is -0.375 e. The molecule has 1 atom stereocenters. The largest absolute Gasteiger partial charge is 0.416 e. The van der Waals surface area contributed by atoms with Gasteiger partial charge >= 0.3 is 6.18 Å². The van der Waals surface area contributed by atoms with Crippen molar-refractivity contribution in [3.63, 3.8) is 0 Å². The zero-order valence-electron chi connectivity index (χ0n) is 11.4. The van der Waals surface area contributed by atoms with Crippen LogP contribution in [0.1, 0.15) is 29.3 Å². The average Bonchev–Trinajstić information content (AvgIpc) is 2.46. The van der Waals surface area contributed by atoms with Gasteiger partial charge in [-0.2, -0.15) is 13.2 Å². The van der Waals surface area contributed by atoms with Gasteiger partial charge in [-0.05, 0) is 40.5 Å². The van der Waals surface area contributed by atoms with E-state index in [4.69, 9.17) is 4.74 Å². The summed E-state index contributed by atoms with van der Waals surface area (Å²) in [7, 11) is 0. The lowest BCUT2D eigenvalue weighted by Gasteiger charge is -2.32. The van der Waals surface area contributed by atoms with Crippen LogP contribution < -0.4 is 0 Å². The highest BCUT2D eigenvalue weighted by Gasteiger charge is 2.33. The second-order valence-corrected chi connectivity index (χ2v) is 5.70. The van der Waals surface area contributed by atoms with Gasteiger partial charge < -0.3 is 9.64 Å². The fourth-order valence-electron chi connectivity index (χ4n) is 2.19. The molecular weight excluding hydrogens is 351 g/mol. The Balaban J connectivity index is 2.26. The smallest absolute Gasteiger partial charge is 0.375 e. The van der Waals surface area contributed by atoms with Gasteiger partial charge in [-0.1, -0.05) is 6.92 Å². The average molecular weight is 366 g/mol. The molecule has 1 aliphatic heterocycles. The van der Waals surface area contributed by atoms with Crippen LogP contribution in [0.4, 0.5) is 13.2 Å². The molecule has 21 heavy (non-hydrogen) atoms. The van der Waals surface area contributed by atoms with Crippen molar-refractivity contribution >= 4 is 21.8 Å². The molecule has 1 amide bonds. The van der Waals surface area contributed by atoms with Gasteiger partial charge in [-0.15, -0.1) is 0 Å². The van der Waals surface area contributed by atoms with E-state index >= 15 is 0 Å². The first-order valence-electron chi connectivity index (χ1n) is 6.60. The predicted octanol–water partition coefficient (Wildman–Crippen LogP) is 3.72. The van der Waals surface area contributed by atoms with Gasteiger partial charge in [-0.3, -0.25) is 4.79 Å². The number of hydrogen-bond donors (Lipinski definition) is 0. The third-order valence-electron chi connectivity index (χ3n) is 3.41. The maximum absolute atomic E-state index is 12.8. The summed E-state index contributed by atoms with van der Waals surface area (Å²) < 4.78 is 44.1. The third kappa shape index (κ3) is 3.77. The van der Waals surface area contributed by atoms with Crippen LogP contribution >= 0.6 is 15.9 Å². The summed E-state index contributed by atoms with van der Waals surface area (Å²) >= 11 is 3.15. The number of ether oxygens (including phenoxy) is 1. The fourth-order valence-corrected chi connectivity index (χ4v) is 2.60. The van der Waals surface area contributed by atoms with Crippen LogP contribution in [-0.4, -0.2) is 36.6 Å². The normalized spacial score (nSPS) is 19.7. The number of rotatable bonds is 2. The van der Waals surface area contributed by atoms with Crippen molar-refractivity contribution in [1.82, 2.24) is 4.90 Å². The number of nitrogens with zero attached hydrogens (tertiary/aromatic N) is 1. The molecule has 1 saturated heterocycles. The zero-order chi connectivity index (χ0) is 15.6. The van der Waals surface area contributed by atoms with Crippen LogP contribution in [-0.2, 0) is 10.9 Å². The predicted molar refractivity (Wildman–Crippen MR) is 75.1 cm³/mol. The van der Waals surface area contributed by atoms with Gasteiger partial charge in [0.2, 0.25) is 0 Å². The second kappa shape index (κ2) is 6.36. The summed E-state index contributed by atoms with van der Waals surface area (Å²) in [5, 5.41) is 0. The number of carbonyl (C=O) groups is 1. The molecule has 1 aliphatic rings. The number of benzene rings is 1. The highest BCUT2D eigenvalue weighted by atomic mass is 79.9. The highest BCUT2D eigenvalue weighted by molar-refractivity contribution is 9.10. The number of morpholine rings is 1. The lowest BCUT2D eigenvalue weighted by atomic mass is 10.1. The van der Waals surface area contributed by atoms with E-state index in [-0.39, 0.29) is 11.7 Å². The zero-order valence-corrected chi connectivity index (χ0v) is 13.0. The van der Waals surface area contributed by atoms with E-state index in [1.54, 1.807) is 0 Å². The van der Waals surface area contributed by atoms with Gasteiger partial charge in [-0.25, -0.2) is 0 Å². The van der Waals surface area contributed by atoms with Crippen LogP contribution in [0, 0.1) is 0 Å². The third-order valence-corrected chi connectivity index (χ3v) is 4.10. The van der Waals surface area contributed by atoms with E-state index in [1.165, 1.54) is 11.0 Å². The standard InChI is InChI=1S/C14H15BrF3NO2/c1-2-10-8-19(5-6-21-10)13(20)11-7-9(14(16,17)18)3-4-12(11)15/h3-4,7,10H,2,5-6,8H2,1H3. The molecule has 0 aromatic heterocycles. The summed E-state index contributed by atoms with van der Waals surface area (Å²) in [6.45, 7) is 3.13. The topological polar surface area (TPSA) is 29.5 Å². The molecule has 0 aliphatic carbocycles. The number of hydrogen-bond acceptors (Lipinski definition) is 2. The summed E-state index contributed by atoms with van der Waals surface area (Å²) in [6, 6.07) is 3.10. The van der Waals surface area contributed by atoms with Crippen molar-refractivity contribution in [2.45, 2.75) is 25.6 Å². The highest BCUT2D eigenvalue weighted by Crippen LogP contribution is 2.32. The number of carbonyl (C=O) groups excluding carboxylic acids is 1. The first kappa shape index (κ1) is 16.3. The van der Waals surface area contributed by atoms with E-state index < -0.39 is 17.6 Å². The van der Waals surface area contributed by atoms with Crippen LogP contribution in [0.15, 0.2) is 22.7 Å². The second-order valence-electron chi connectivity index (χ2n) is 4.84. The molecule has 3 nitrogen and oxygen atoms in total. The first-order valence-corrected chi connectivity index (χ1v) is 7.40.